The number of aromatic hydroxyl groups is 1. The normalized spacial score (nSPS) is 33.6. The van der Waals surface area contributed by atoms with Gasteiger partial charge in [-0.1, -0.05) is 6.08 Å². The minimum Gasteiger partial charge on any atom is -0.507 e. The molecule has 38 heavy (non-hydrogen) atoms. The summed E-state index contributed by atoms with van der Waals surface area (Å²) in [6.45, 7) is 4.27. The molecule has 0 bridgehead atoms. The van der Waals surface area contributed by atoms with Crippen molar-refractivity contribution in [2.75, 3.05) is 6.61 Å². The van der Waals surface area contributed by atoms with Gasteiger partial charge in [0.15, 0.2) is 5.78 Å². The molecule has 0 spiro atoms. The fourth-order valence-corrected chi connectivity index (χ4v) is 4.86. The summed E-state index contributed by atoms with van der Waals surface area (Å²) in [5, 5.41) is 61.7. The van der Waals surface area contributed by atoms with Gasteiger partial charge in [-0.25, -0.2) is 4.79 Å². The second-order valence-electron chi connectivity index (χ2n) is 10.8. The number of fused-ring (bicyclic) bond motifs is 1. The standard InChI is InChI=1S/C26H34O12/c1-25(2,33)13-6-4-12(5-7-13)23(32)35-11-18-20(29)21(30)22(31)24(37-18)36-14-8-15(27)19-16(28)10-26(3,34)38-17(19)9-14/h4,8-9,13,18,20-22,24,27,29-31,33-34H,5-7,10-11H2,1-3H3/t13-,18+,20+,21-,22+,24+,26-/m0/s1. The molecule has 12 heteroatoms. The zero-order valence-corrected chi connectivity index (χ0v) is 21.4. The Kier molecular flexibility index (Phi) is 7.77. The molecule has 12 nitrogen and oxygen atoms in total. The highest BCUT2D eigenvalue weighted by atomic mass is 16.7. The first-order valence-corrected chi connectivity index (χ1v) is 12.4. The van der Waals surface area contributed by atoms with E-state index in [1.165, 1.54) is 13.0 Å². The Bertz CT molecular complexity index is 1100. The van der Waals surface area contributed by atoms with Crippen LogP contribution in [0.1, 0.15) is 56.8 Å². The van der Waals surface area contributed by atoms with Crippen molar-refractivity contribution in [3.05, 3.63) is 29.3 Å². The Morgan fingerprint density at radius 3 is 2.53 bits per heavy atom. The summed E-state index contributed by atoms with van der Waals surface area (Å²) in [5.41, 5.74) is -0.578. The van der Waals surface area contributed by atoms with E-state index >= 15 is 0 Å². The first-order valence-electron chi connectivity index (χ1n) is 12.4. The number of carbonyl (C=O) groups is 2. The van der Waals surface area contributed by atoms with Crippen molar-refractivity contribution in [3.8, 4) is 17.2 Å². The third-order valence-corrected chi connectivity index (χ3v) is 7.12. The van der Waals surface area contributed by atoms with E-state index in [0.717, 1.165) is 6.07 Å². The lowest BCUT2D eigenvalue weighted by Gasteiger charge is -2.40. The Morgan fingerprint density at radius 2 is 1.89 bits per heavy atom. The van der Waals surface area contributed by atoms with Crippen LogP contribution in [0.15, 0.2) is 23.8 Å². The number of aliphatic hydroxyl groups excluding tert-OH is 3. The van der Waals surface area contributed by atoms with Crippen LogP contribution in [0.4, 0.5) is 0 Å². The average Bonchev–Trinajstić information content (AvgIpc) is 2.81. The number of benzene rings is 1. The molecule has 0 amide bonds. The lowest BCUT2D eigenvalue weighted by Crippen LogP contribution is -2.60. The van der Waals surface area contributed by atoms with Crippen LogP contribution in [-0.4, -0.2) is 91.1 Å². The van der Waals surface area contributed by atoms with Gasteiger partial charge >= 0.3 is 5.97 Å². The van der Waals surface area contributed by atoms with Crippen molar-refractivity contribution in [3.63, 3.8) is 0 Å². The number of carbonyl (C=O) groups excluding carboxylic acids is 2. The fourth-order valence-electron chi connectivity index (χ4n) is 4.86. The van der Waals surface area contributed by atoms with Gasteiger partial charge in [-0.15, -0.1) is 0 Å². The molecule has 0 radical (unpaired) electrons. The minimum atomic E-state index is -1.80. The third kappa shape index (κ3) is 5.95. The largest absolute Gasteiger partial charge is 0.507 e. The van der Waals surface area contributed by atoms with Gasteiger partial charge in [-0.05, 0) is 39.0 Å². The van der Waals surface area contributed by atoms with E-state index in [9.17, 15) is 40.2 Å². The first kappa shape index (κ1) is 28.3. The van der Waals surface area contributed by atoms with Gasteiger partial charge in [0.2, 0.25) is 12.1 Å². The summed E-state index contributed by atoms with van der Waals surface area (Å²) in [4.78, 5) is 24.8. The molecule has 1 saturated heterocycles. The Hall–Kier alpha value is -2.74. The lowest BCUT2D eigenvalue weighted by atomic mass is 9.79. The van der Waals surface area contributed by atoms with E-state index in [4.69, 9.17) is 18.9 Å². The quantitative estimate of drug-likeness (QED) is 0.272. The van der Waals surface area contributed by atoms with E-state index in [1.54, 1.807) is 19.9 Å². The van der Waals surface area contributed by atoms with Crippen LogP contribution in [0.25, 0.3) is 0 Å². The van der Waals surface area contributed by atoms with E-state index in [-0.39, 0.29) is 29.4 Å². The van der Waals surface area contributed by atoms with Crippen molar-refractivity contribution in [2.45, 2.75) is 88.5 Å². The summed E-state index contributed by atoms with van der Waals surface area (Å²) in [5.74, 6) is -3.71. The van der Waals surface area contributed by atoms with Crippen LogP contribution in [-0.2, 0) is 14.3 Å². The average molecular weight is 539 g/mol. The van der Waals surface area contributed by atoms with Gasteiger partial charge < -0.3 is 49.6 Å². The Labute approximate surface area is 219 Å². The highest BCUT2D eigenvalue weighted by molar-refractivity contribution is 6.02. The number of phenols is 1. The maximum atomic E-state index is 12.6. The van der Waals surface area contributed by atoms with Gasteiger partial charge in [0, 0.05) is 24.6 Å². The van der Waals surface area contributed by atoms with Crippen molar-refractivity contribution in [2.24, 2.45) is 5.92 Å². The van der Waals surface area contributed by atoms with Gasteiger partial charge in [-0.3, -0.25) is 4.79 Å². The molecule has 1 fully saturated rings. The number of aliphatic hydroxyl groups is 5. The molecule has 2 aliphatic heterocycles. The molecule has 1 aromatic rings. The number of esters is 1. The number of ether oxygens (including phenoxy) is 4. The predicted octanol–water partition coefficient (Wildman–Crippen LogP) is 0.293. The maximum Gasteiger partial charge on any atom is 0.333 e. The first-order chi connectivity index (χ1) is 17.7. The maximum absolute atomic E-state index is 12.6. The van der Waals surface area contributed by atoms with E-state index < -0.39 is 66.2 Å². The molecule has 0 saturated carbocycles. The predicted molar refractivity (Wildman–Crippen MR) is 128 cm³/mol. The van der Waals surface area contributed by atoms with Crippen LogP contribution in [0.2, 0.25) is 0 Å². The van der Waals surface area contributed by atoms with Crippen molar-refractivity contribution in [1.82, 2.24) is 0 Å². The minimum absolute atomic E-state index is 0.00904. The molecular formula is C26H34O12. The Balaban J connectivity index is 1.42. The van der Waals surface area contributed by atoms with E-state index in [2.05, 4.69) is 0 Å². The molecule has 1 aliphatic carbocycles. The summed E-state index contributed by atoms with van der Waals surface area (Å²) in [6.07, 6.45) is -5.00. The van der Waals surface area contributed by atoms with Crippen LogP contribution in [0.5, 0.6) is 17.2 Å². The zero-order valence-electron chi connectivity index (χ0n) is 21.4. The summed E-state index contributed by atoms with van der Waals surface area (Å²) in [7, 11) is 0. The highest BCUT2D eigenvalue weighted by Crippen LogP contribution is 2.41. The second kappa shape index (κ2) is 10.4. The molecule has 0 aromatic heterocycles. The monoisotopic (exact) mass is 538 g/mol. The van der Waals surface area contributed by atoms with E-state index in [0.29, 0.717) is 24.8 Å². The van der Waals surface area contributed by atoms with Crippen LogP contribution < -0.4 is 9.47 Å². The molecule has 7 atom stereocenters. The number of Topliss-reactive ketones (excluding diaryl/α,β-unsaturated/α-hetero) is 1. The van der Waals surface area contributed by atoms with E-state index in [1.807, 2.05) is 0 Å². The van der Waals surface area contributed by atoms with Crippen molar-refractivity contribution in [1.29, 1.82) is 0 Å². The Morgan fingerprint density at radius 1 is 1.18 bits per heavy atom. The smallest absolute Gasteiger partial charge is 0.333 e. The fraction of sp³-hybridized carbons (Fsp3) is 0.615. The number of rotatable bonds is 6. The third-order valence-electron chi connectivity index (χ3n) is 7.12. The molecule has 1 aromatic carbocycles. The lowest BCUT2D eigenvalue weighted by molar-refractivity contribution is -0.278. The summed E-state index contributed by atoms with van der Waals surface area (Å²) < 4.78 is 21.8. The zero-order chi connectivity index (χ0) is 28.0. The molecular weight excluding hydrogens is 504 g/mol. The number of hydrogen-bond acceptors (Lipinski definition) is 12. The molecule has 6 N–H and O–H groups in total. The van der Waals surface area contributed by atoms with Crippen LogP contribution in [0, 0.1) is 5.92 Å². The number of ketones is 1. The molecule has 210 valence electrons. The van der Waals surface area contributed by atoms with Gasteiger partial charge in [0.1, 0.15) is 53.8 Å². The summed E-state index contributed by atoms with van der Waals surface area (Å²) >= 11 is 0. The number of allylic oxidation sites excluding steroid dienone is 1. The molecule has 4 rings (SSSR count). The summed E-state index contributed by atoms with van der Waals surface area (Å²) in [6, 6.07) is 2.29. The topological polar surface area (TPSA) is 192 Å². The molecule has 3 aliphatic rings. The van der Waals surface area contributed by atoms with Gasteiger partial charge in [-0.2, -0.15) is 0 Å². The molecule has 0 unspecified atom stereocenters. The molecule has 2 heterocycles. The number of hydrogen-bond donors (Lipinski definition) is 6. The highest BCUT2D eigenvalue weighted by Gasteiger charge is 2.46. The van der Waals surface area contributed by atoms with Crippen LogP contribution >= 0.6 is 0 Å². The second-order valence-corrected chi connectivity index (χ2v) is 10.8. The van der Waals surface area contributed by atoms with Crippen molar-refractivity contribution >= 4 is 11.8 Å². The van der Waals surface area contributed by atoms with Crippen molar-refractivity contribution < 1.29 is 59.2 Å². The van der Waals surface area contributed by atoms with Crippen LogP contribution in [0.3, 0.4) is 0 Å². The van der Waals surface area contributed by atoms with Gasteiger partial charge in [0.25, 0.3) is 0 Å². The SMILES string of the molecule is CC(C)(O)[C@H]1CC=C(C(=O)OC[C@H]2O[C@@H](Oc3cc(O)c4c(c3)O[C@](C)(O)CC4=O)[C@H](O)[C@@H](O)[C@@H]2O)CC1. The number of phenolic OH excluding ortho intramolecular Hbond substituents is 1. The van der Waals surface area contributed by atoms with Gasteiger partial charge in [0.05, 0.1) is 12.0 Å².